The number of hydrogen-bond donors (Lipinski definition) is 2. The maximum absolute atomic E-state index is 12.3. The van der Waals surface area contributed by atoms with Crippen LogP contribution in [0.25, 0.3) is 0 Å². The van der Waals surface area contributed by atoms with Gasteiger partial charge in [-0.25, -0.2) is 0 Å². The van der Waals surface area contributed by atoms with Gasteiger partial charge in [0, 0.05) is 0 Å². The first-order chi connectivity index (χ1) is 8.62. The molecule has 0 aromatic heterocycles. The predicted molar refractivity (Wildman–Crippen MR) is 73.0 cm³/mol. The second-order valence-electron chi connectivity index (χ2n) is 5.32. The minimum Gasteiger partial charge on any atom is -0.348 e. The molecule has 1 atom stereocenters. The van der Waals surface area contributed by atoms with Crippen molar-refractivity contribution in [2.75, 3.05) is 0 Å². The van der Waals surface area contributed by atoms with Crippen molar-refractivity contribution in [2.24, 2.45) is 5.73 Å². The van der Waals surface area contributed by atoms with Crippen molar-refractivity contribution < 1.29 is 4.79 Å². The first kappa shape index (κ1) is 13.1. The van der Waals surface area contributed by atoms with Crippen LogP contribution in [0.3, 0.4) is 0 Å². The Morgan fingerprint density at radius 1 is 1.22 bits per heavy atom. The van der Waals surface area contributed by atoms with Crippen molar-refractivity contribution in [3.05, 3.63) is 35.9 Å². The van der Waals surface area contributed by atoms with Gasteiger partial charge in [-0.1, -0.05) is 49.6 Å². The summed E-state index contributed by atoms with van der Waals surface area (Å²) < 4.78 is 0. The summed E-state index contributed by atoms with van der Waals surface area (Å²) in [5, 5.41) is 3.04. The predicted octanol–water partition coefficient (Wildman–Crippen LogP) is 2.53. The van der Waals surface area contributed by atoms with Crippen LogP contribution in [0.15, 0.2) is 30.3 Å². The molecular weight excluding hydrogens is 224 g/mol. The molecule has 0 bridgehead atoms. The SMILES string of the molecule is C[C@@H](NC(=O)C1(N)CCCCC1)c1ccccc1. The van der Waals surface area contributed by atoms with Crippen LogP contribution in [0, 0.1) is 0 Å². The molecule has 0 unspecified atom stereocenters. The van der Waals surface area contributed by atoms with Gasteiger partial charge in [-0.05, 0) is 25.3 Å². The minimum atomic E-state index is -0.651. The highest BCUT2D eigenvalue weighted by molar-refractivity contribution is 5.86. The van der Waals surface area contributed by atoms with E-state index < -0.39 is 5.54 Å². The van der Waals surface area contributed by atoms with Crippen LogP contribution in [-0.2, 0) is 4.79 Å². The van der Waals surface area contributed by atoms with E-state index in [0.29, 0.717) is 0 Å². The van der Waals surface area contributed by atoms with Crippen molar-refractivity contribution in [1.82, 2.24) is 5.32 Å². The summed E-state index contributed by atoms with van der Waals surface area (Å²) in [6.45, 7) is 2.00. The average molecular weight is 246 g/mol. The fraction of sp³-hybridized carbons (Fsp3) is 0.533. The Morgan fingerprint density at radius 2 is 1.83 bits per heavy atom. The van der Waals surface area contributed by atoms with Crippen LogP contribution in [0.2, 0.25) is 0 Å². The highest BCUT2D eigenvalue weighted by atomic mass is 16.2. The molecule has 1 amide bonds. The van der Waals surface area contributed by atoms with Crippen LogP contribution in [0.4, 0.5) is 0 Å². The number of rotatable bonds is 3. The normalized spacial score (nSPS) is 20.1. The molecule has 3 N–H and O–H groups in total. The Bertz CT molecular complexity index is 396. The summed E-state index contributed by atoms with van der Waals surface area (Å²) in [5.41, 5.74) is 6.68. The molecule has 1 aromatic carbocycles. The van der Waals surface area contributed by atoms with E-state index in [2.05, 4.69) is 5.32 Å². The fourth-order valence-electron chi connectivity index (χ4n) is 2.58. The van der Waals surface area contributed by atoms with Crippen LogP contribution in [0.1, 0.15) is 50.6 Å². The fourth-order valence-corrected chi connectivity index (χ4v) is 2.58. The highest BCUT2D eigenvalue weighted by Gasteiger charge is 2.35. The number of nitrogens with two attached hydrogens (primary N) is 1. The third-order valence-corrected chi connectivity index (χ3v) is 3.85. The van der Waals surface area contributed by atoms with E-state index in [-0.39, 0.29) is 11.9 Å². The van der Waals surface area contributed by atoms with Gasteiger partial charge in [0.05, 0.1) is 11.6 Å². The number of carbonyl (C=O) groups excluding carboxylic acids is 1. The van der Waals surface area contributed by atoms with Gasteiger partial charge < -0.3 is 11.1 Å². The van der Waals surface area contributed by atoms with Crippen LogP contribution >= 0.6 is 0 Å². The standard InChI is InChI=1S/C15H22N2O/c1-12(13-8-4-2-5-9-13)17-14(18)15(16)10-6-3-7-11-15/h2,4-5,8-9,12H,3,6-7,10-11,16H2,1H3,(H,17,18)/t12-/m1/s1. The third kappa shape index (κ3) is 2.91. The van der Waals surface area contributed by atoms with E-state index in [4.69, 9.17) is 5.73 Å². The first-order valence-electron chi connectivity index (χ1n) is 6.77. The van der Waals surface area contributed by atoms with Crippen molar-refractivity contribution in [3.63, 3.8) is 0 Å². The van der Waals surface area contributed by atoms with Gasteiger partial charge in [0.15, 0.2) is 0 Å². The van der Waals surface area contributed by atoms with Gasteiger partial charge in [0.2, 0.25) is 5.91 Å². The molecule has 1 aliphatic carbocycles. The maximum Gasteiger partial charge on any atom is 0.240 e. The average Bonchev–Trinajstić information content (AvgIpc) is 2.40. The lowest BCUT2D eigenvalue weighted by molar-refractivity contribution is -0.128. The van der Waals surface area contributed by atoms with Crippen molar-refractivity contribution >= 4 is 5.91 Å². The summed E-state index contributed by atoms with van der Waals surface area (Å²) >= 11 is 0. The Labute approximate surface area is 109 Å². The van der Waals surface area contributed by atoms with Gasteiger partial charge in [0.1, 0.15) is 0 Å². The first-order valence-corrected chi connectivity index (χ1v) is 6.77. The molecule has 1 saturated carbocycles. The van der Waals surface area contributed by atoms with E-state index in [1.54, 1.807) is 0 Å². The van der Waals surface area contributed by atoms with Crippen molar-refractivity contribution in [2.45, 2.75) is 50.6 Å². The van der Waals surface area contributed by atoms with Gasteiger partial charge in [-0.3, -0.25) is 4.79 Å². The second-order valence-corrected chi connectivity index (χ2v) is 5.32. The molecule has 1 fully saturated rings. The zero-order valence-corrected chi connectivity index (χ0v) is 11.0. The molecule has 2 rings (SSSR count). The summed E-state index contributed by atoms with van der Waals surface area (Å²) in [6, 6.07) is 10.0. The Morgan fingerprint density at radius 3 is 2.44 bits per heavy atom. The molecular formula is C15H22N2O. The maximum atomic E-state index is 12.3. The molecule has 98 valence electrons. The smallest absolute Gasteiger partial charge is 0.240 e. The zero-order chi connectivity index (χ0) is 13.0. The monoisotopic (exact) mass is 246 g/mol. The molecule has 0 radical (unpaired) electrons. The van der Waals surface area contributed by atoms with E-state index in [1.807, 2.05) is 37.3 Å². The summed E-state index contributed by atoms with van der Waals surface area (Å²) in [7, 11) is 0. The Balaban J connectivity index is 1.98. The number of nitrogens with one attached hydrogen (secondary N) is 1. The second kappa shape index (κ2) is 5.53. The summed E-state index contributed by atoms with van der Waals surface area (Å²) in [4.78, 5) is 12.3. The number of amides is 1. The molecule has 0 spiro atoms. The molecule has 0 heterocycles. The molecule has 1 aliphatic rings. The van der Waals surface area contributed by atoms with E-state index in [0.717, 1.165) is 31.2 Å². The molecule has 3 nitrogen and oxygen atoms in total. The Hall–Kier alpha value is -1.35. The molecule has 0 aliphatic heterocycles. The van der Waals surface area contributed by atoms with Crippen molar-refractivity contribution in [1.29, 1.82) is 0 Å². The topological polar surface area (TPSA) is 55.1 Å². The largest absolute Gasteiger partial charge is 0.348 e. The number of benzene rings is 1. The van der Waals surface area contributed by atoms with Crippen LogP contribution in [-0.4, -0.2) is 11.4 Å². The minimum absolute atomic E-state index is 0.00134. The lowest BCUT2D eigenvalue weighted by Gasteiger charge is -2.33. The quantitative estimate of drug-likeness (QED) is 0.861. The summed E-state index contributed by atoms with van der Waals surface area (Å²) in [5.74, 6) is -0.00134. The van der Waals surface area contributed by atoms with Gasteiger partial charge >= 0.3 is 0 Å². The highest BCUT2D eigenvalue weighted by Crippen LogP contribution is 2.26. The van der Waals surface area contributed by atoms with Gasteiger partial charge in [0.25, 0.3) is 0 Å². The molecule has 1 aromatic rings. The zero-order valence-electron chi connectivity index (χ0n) is 11.0. The van der Waals surface area contributed by atoms with E-state index in [9.17, 15) is 4.79 Å². The van der Waals surface area contributed by atoms with Crippen molar-refractivity contribution in [3.8, 4) is 0 Å². The lowest BCUT2D eigenvalue weighted by Crippen LogP contribution is -2.55. The third-order valence-electron chi connectivity index (χ3n) is 3.85. The molecule has 3 heteroatoms. The number of carbonyl (C=O) groups is 1. The van der Waals surface area contributed by atoms with Gasteiger partial charge in [-0.15, -0.1) is 0 Å². The van der Waals surface area contributed by atoms with Crippen LogP contribution < -0.4 is 11.1 Å². The van der Waals surface area contributed by atoms with E-state index >= 15 is 0 Å². The molecule has 0 saturated heterocycles. The summed E-state index contributed by atoms with van der Waals surface area (Å²) in [6.07, 6.45) is 4.93. The Kier molecular flexibility index (Phi) is 4.02. The van der Waals surface area contributed by atoms with E-state index in [1.165, 1.54) is 6.42 Å². The molecule has 18 heavy (non-hydrogen) atoms. The number of hydrogen-bond acceptors (Lipinski definition) is 2. The van der Waals surface area contributed by atoms with Crippen LogP contribution in [0.5, 0.6) is 0 Å². The van der Waals surface area contributed by atoms with Gasteiger partial charge in [-0.2, -0.15) is 0 Å². The lowest BCUT2D eigenvalue weighted by atomic mass is 9.81.